The first-order valence-corrected chi connectivity index (χ1v) is 11.0. The van der Waals surface area contributed by atoms with Gasteiger partial charge in [-0.15, -0.1) is 0 Å². The lowest BCUT2D eigenvalue weighted by Gasteiger charge is -2.21. The van der Waals surface area contributed by atoms with E-state index in [0.29, 0.717) is 6.42 Å². The first kappa shape index (κ1) is 22.3. The normalized spacial score (nSPS) is 15.1. The molecule has 2 aromatic carbocycles. The zero-order valence-corrected chi connectivity index (χ0v) is 18.7. The molecular weight excluding hydrogens is 416 g/mol. The number of aryl methyl sites for hydroxylation is 1. The lowest BCUT2D eigenvalue weighted by Crippen LogP contribution is -2.21. The van der Waals surface area contributed by atoms with Gasteiger partial charge in [0, 0.05) is 23.2 Å². The molecule has 7 heteroatoms. The first-order valence-electron chi connectivity index (χ1n) is 11.0. The lowest BCUT2D eigenvalue weighted by molar-refractivity contribution is -0.119. The van der Waals surface area contributed by atoms with Gasteiger partial charge in [-0.3, -0.25) is 14.4 Å². The van der Waals surface area contributed by atoms with Crippen LogP contribution in [0.1, 0.15) is 35.2 Å². The number of benzene rings is 2. The molecule has 1 aliphatic rings. The van der Waals surface area contributed by atoms with Crippen molar-refractivity contribution in [2.75, 3.05) is 5.32 Å². The number of hydrogen-bond donors (Lipinski definition) is 4. The molecule has 33 heavy (non-hydrogen) atoms. The van der Waals surface area contributed by atoms with Gasteiger partial charge in [0.25, 0.3) is 0 Å². The highest BCUT2D eigenvalue weighted by Gasteiger charge is 2.26. The Morgan fingerprint density at radius 3 is 2.64 bits per heavy atom. The molecule has 7 nitrogen and oxygen atoms in total. The monoisotopic (exact) mass is 444 g/mol. The van der Waals surface area contributed by atoms with E-state index < -0.39 is 5.91 Å². The molecule has 3 aromatic rings. The lowest BCUT2D eigenvalue weighted by atomic mass is 9.83. The van der Waals surface area contributed by atoms with E-state index in [1.54, 1.807) is 0 Å². The van der Waals surface area contributed by atoms with Crippen LogP contribution in [0.25, 0.3) is 22.0 Å². The minimum absolute atomic E-state index is 0.134. The van der Waals surface area contributed by atoms with Gasteiger partial charge in [-0.25, -0.2) is 0 Å². The van der Waals surface area contributed by atoms with Crippen LogP contribution in [0.4, 0.5) is 5.69 Å². The fraction of sp³-hybridized carbons (Fsp3) is 0.269. The van der Waals surface area contributed by atoms with Crippen molar-refractivity contribution >= 4 is 34.3 Å². The molecule has 6 N–H and O–H groups in total. The summed E-state index contributed by atoms with van der Waals surface area (Å²) in [6, 6.07) is 9.75. The maximum Gasteiger partial charge on any atom is 0.247 e. The maximum absolute atomic E-state index is 11.9. The largest absolute Gasteiger partial charge is 0.370 e. The first-order chi connectivity index (χ1) is 15.8. The molecule has 0 bridgehead atoms. The standard InChI is InChI=1S/C26H28N4O3/c1-3-24(33)29-20-6-4-5-17(14(20)2)18-10-8-16(13-23(28)32)26-25(18)19-9-7-15(12-22(27)31)11-21(19)30-26/h3-6,8,10,15,30H,1,7,9,11-13H2,2H3,(H2,27,31)(H2,28,32)(H,29,33). The van der Waals surface area contributed by atoms with E-state index in [2.05, 4.69) is 16.9 Å². The van der Waals surface area contributed by atoms with Crippen molar-refractivity contribution in [3.05, 3.63) is 65.4 Å². The minimum Gasteiger partial charge on any atom is -0.370 e. The van der Waals surface area contributed by atoms with Crippen molar-refractivity contribution < 1.29 is 14.4 Å². The van der Waals surface area contributed by atoms with Crippen molar-refractivity contribution in [1.29, 1.82) is 0 Å². The number of hydrogen-bond acceptors (Lipinski definition) is 3. The van der Waals surface area contributed by atoms with Crippen LogP contribution in [0.3, 0.4) is 0 Å². The molecule has 1 aromatic heterocycles. The Kier molecular flexibility index (Phi) is 6.05. The third-order valence-corrected chi connectivity index (χ3v) is 6.45. The summed E-state index contributed by atoms with van der Waals surface area (Å²) in [4.78, 5) is 38.6. The molecule has 0 spiro atoms. The number of carbonyl (C=O) groups is 3. The van der Waals surface area contributed by atoms with E-state index >= 15 is 0 Å². The fourth-order valence-corrected chi connectivity index (χ4v) is 4.93. The Balaban J connectivity index is 1.89. The van der Waals surface area contributed by atoms with Gasteiger partial charge in [-0.2, -0.15) is 0 Å². The summed E-state index contributed by atoms with van der Waals surface area (Å²) in [5.74, 6) is -0.751. The zero-order valence-electron chi connectivity index (χ0n) is 18.7. The molecule has 0 aliphatic heterocycles. The number of rotatable bonds is 7. The van der Waals surface area contributed by atoms with Gasteiger partial charge in [0.1, 0.15) is 0 Å². The number of anilines is 1. The molecule has 170 valence electrons. The third kappa shape index (κ3) is 4.39. The smallest absolute Gasteiger partial charge is 0.247 e. The molecule has 0 radical (unpaired) electrons. The molecule has 3 amide bonds. The Labute approximate surface area is 192 Å². The summed E-state index contributed by atoms with van der Waals surface area (Å²) in [6.07, 6.45) is 4.16. The second-order valence-electron chi connectivity index (χ2n) is 8.70. The van der Waals surface area contributed by atoms with Crippen LogP contribution in [0.2, 0.25) is 0 Å². The second kappa shape index (κ2) is 8.94. The number of nitrogens with two attached hydrogens (primary N) is 2. The third-order valence-electron chi connectivity index (χ3n) is 6.45. The Morgan fingerprint density at radius 2 is 1.94 bits per heavy atom. The molecule has 1 aliphatic carbocycles. The number of primary amides is 2. The minimum atomic E-state index is -0.395. The Morgan fingerprint density at radius 1 is 1.15 bits per heavy atom. The van der Waals surface area contributed by atoms with Crippen LogP contribution in [0, 0.1) is 12.8 Å². The Hall–Kier alpha value is -3.87. The van der Waals surface area contributed by atoms with Crippen molar-refractivity contribution in [3.8, 4) is 11.1 Å². The highest BCUT2D eigenvalue weighted by molar-refractivity contribution is 6.04. The van der Waals surface area contributed by atoms with Gasteiger partial charge in [0.2, 0.25) is 17.7 Å². The van der Waals surface area contributed by atoms with Crippen molar-refractivity contribution in [1.82, 2.24) is 4.98 Å². The van der Waals surface area contributed by atoms with Crippen LogP contribution in [0.5, 0.6) is 0 Å². The summed E-state index contributed by atoms with van der Waals surface area (Å²) in [5, 5.41) is 3.93. The average molecular weight is 445 g/mol. The molecule has 4 rings (SSSR count). The summed E-state index contributed by atoms with van der Waals surface area (Å²) < 4.78 is 0. The van der Waals surface area contributed by atoms with Gasteiger partial charge in [0.15, 0.2) is 0 Å². The van der Waals surface area contributed by atoms with Gasteiger partial charge in [0.05, 0.1) is 11.9 Å². The fourth-order valence-electron chi connectivity index (χ4n) is 4.93. The van der Waals surface area contributed by atoms with Crippen LogP contribution in [-0.2, 0) is 33.6 Å². The topological polar surface area (TPSA) is 131 Å². The maximum atomic E-state index is 11.9. The molecule has 1 atom stereocenters. The summed E-state index contributed by atoms with van der Waals surface area (Å²) in [5.41, 5.74) is 18.6. The number of nitrogens with one attached hydrogen (secondary N) is 2. The summed E-state index contributed by atoms with van der Waals surface area (Å²) >= 11 is 0. The Bertz CT molecular complexity index is 1290. The van der Waals surface area contributed by atoms with Crippen LogP contribution in [-0.4, -0.2) is 22.7 Å². The molecular formula is C26H28N4O3. The van der Waals surface area contributed by atoms with Crippen LogP contribution < -0.4 is 16.8 Å². The van der Waals surface area contributed by atoms with Gasteiger partial charge in [-0.1, -0.05) is 30.8 Å². The number of amides is 3. The highest BCUT2D eigenvalue weighted by atomic mass is 16.2. The van der Waals surface area contributed by atoms with Crippen molar-refractivity contribution in [2.45, 2.75) is 39.0 Å². The summed E-state index contributed by atoms with van der Waals surface area (Å²) in [6.45, 7) is 5.50. The van der Waals surface area contributed by atoms with E-state index in [-0.39, 0.29) is 24.2 Å². The number of aromatic amines is 1. The van der Waals surface area contributed by atoms with Crippen molar-refractivity contribution in [2.24, 2.45) is 17.4 Å². The molecule has 1 heterocycles. The molecule has 0 saturated heterocycles. The van der Waals surface area contributed by atoms with Gasteiger partial charge >= 0.3 is 0 Å². The van der Waals surface area contributed by atoms with Crippen LogP contribution in [0.15, 0.2) is 43.0 Å². The van der Waals surface area contributed by atoms with Gasteiger partial charge in [-0.05, 0) is 72.1 Å². The SMILES string of the molecule is C=CC(=O)Nc1cccc(-c2ccc(CC(N)=O)c3[nH]c4c(c23)CCC(CC(N)=O)C4)c1C. The molecule has 1 unspecified atom stereocenters. The zero-order chi connectivity index (χ0) is 23.7. The predicted octanol–water partition coefficient (Wildman–Crippen LogP) is 3.28. The van der Waals surface area contributed by atoms with E-state index in [4.69, 9.17) is 11.5 Å². The number of fused-ring (bicyclic) bond motifs is 3. The average Bonchev–Trinajstić information content (AvgIpc) is 3.14. The van der Waals surface area contributed by atoms with Gasteiger partial charge < -0.3 is 21.8 Å². The van der Waals surface area contributed by atoms with Crippen LogP contribution >= 0.6 is 0 Å². The van der Waals surface area contributed by atoms with E-state index in [1.165, 1.54) is 11.6 Å². The second-order valence-corrected chi connectivity index (χ2v) is 8.70. The van der Waals surface area contributed by atoms with E-state index in [1.807, 2.05) is 37.3 Å². The number of carbonyl (C=O) groups excluding carboxylic acids is 3. The number of aromatic nitrogens is 1. The van der Waals surface area contributed by atoms with E-state index in [9.17, 15) is 14.4 Å². The summed E-state index contributed by atoms with van der Waals surface area (Å²) in [7, 11) is 0. The molecule has 0 fully saturated rings. The highest BCUT2D eigenvalue weighted by Crippen LogP contribution is 2.41. The van der Waals surface area contributed by atoms with Crippen molar-refractivity contribution in [3.63, 3.8) is 0 Å². The van der Waals surface area contributed by atoms with E-state index in [0.717, 1.165) is 63.8 Å². The number of H-pyrrole nitrogens is 1. The predicted molar refractivity (Wildman–Crippen MR) is 130 cm³/mol. The quantitative estimate of drug-likeness (QED) is 0.417. The molecule has 0 saturated carbocycles.